The summed E-state index contributed by atoms with van der Waals surface area (Å²) in [6, 6.07) is 0. The van der Waals surface area contributed by atoms with E-state index in [1.54, 1.807) is 0 Å². The Bertz CT molecular complexity index is 464. The second-order valence-corrected chi connectivity index (χ2v) is 6.87. The van der Waals surface area contributed by atoms with Gasteiger partial charge in [-0.3, -0.25) is 9.59 Å². The van der Waals surface area contributed by atoms with E-state index in [-0.39, 0.29) is 29.0 Å². The van der Waals surface area contributed by atoms with E-state index >= 15 is 0 Å². The molecule has 1 aliphatic heterocycles. The number of ketones is 2. The van der Waals surface area contributed by atoms with Crippen molar-refractivity contribution < 1.29 is 14.3 Å². The van der Waals surface area contributed by atoms with E-state index in [2.05, 4.69) is 20.4 Å². The first-order valence-electron chi connectivity index (χ1n) is 6.66. The highest BCUT2D eigenvalue weighted by molar-refractivity contribution is 5.98. The Kier molecular flexibility index (Phi) is 2.10. The molecular formula is C15H20O3. The first-order chi connectivity index (χ1) is 8.29. The van der Waals surface area contributed by atoms with Gasteiger partial charge in [0, 0.05) is 12.8 Å². The third-order valence-corrected chi connectivity index (χ3v) is 5.36. The fourth-order valence-corrected chi connectivity index (χ4v) is 4.41. The van der Waals surface area contributed by atoms with Gasteiger partial charge in [-0.15, -0.1) is 6.58 Å². The molecule has 0 radical (unpaired) electrons. The van der Waals surface area contributed by atoms with Crippen LogP contribution in [-0.4, -0.2) is 23.3 Å². The maximum Gasteiger partial charge on any atom is 0.167 e. The summed E-state index contributed by atoms with van der Waals surface area (Å²) in [5.41, 5.74) is -1.27. The van der Waals surface area contributed by atoms with Gasteiger partial charge in [0.1, 0.15) is 11.9 Å². The molecule has 18 heavy (non-hydrogen) atoms. The van der Waals surface area contributed by atoms with Crippen molar-refractivity contribution in [2.45, 2.75) is 51.7 Å². The number of fused-ring (bicyclic) bond motifs is 2. The molecule has 0 aromatic carbocycles. The normalized spacial score (nSPS) is 49.3. The zero-order valence-corrected chi connectivity index (χ0v) is 11.3. The zero-order chi connectivity index (χ0) is 13.3. The van der Waals surface area contributed by atoms with Crippen molar-refractivity contribution in [3.8, 4) is 0 Å². The lowest BCUT2D eigenvalue weighted by Crippen LogP contribution is -2.47. The molecule has 3 fully saturated rings. The SMILES string of the molecule is C=C[C@H]1C(C)(C)CC(=O)[C@]12CCC(=O)C1(C)OC12. The van der Waals surface area contributed by atoms with Crippen LogP contribution in [0.1, 0.15) is 40.0 Å². The molecule has 2 unspecified atom stereocenters. The van der Waals surface area contributed by atoms with Gasteiger partial charge in [0.05, 0.1) is 5.41 Å². The Morgan fingerprint density at radius 2 is 1.94 bits per heavy atom. The standard InChI is InChI=1S/C15H20O3/c1-5-9-13(2,3)8-11(17)15(9)7-6-10(16)14(4)12(15)18-14/h5,9,12H,1,6-8H2,2-4H3/t9-,12?,14?,15-/m0/s1. The molecule has 2 aliphatic carbocycles. The molecule has 3 nitrogen and oxygen atoms in total. The molecular weight excluding hydrogens is 228 g/mol. The summed E-state index contributed by atoms with van der Waals surface area (Å²) < 4.78 is 5.69. The van der Waals surface area contributed by atoms with Crippen LogP contribution in [0.4, 0.5) is 0 Å². The third kappa shape index (κ3) is 1.14. The highest BCUT2D eigenvalue weighted by Crippen LogP contribution is 2.66. The molecule has 3 heteroatoms. The summed E-state index contributed by atoms with van der Waals surface area (Å²) in [4.78, 5) is 24.5. The van der Waals surface area contributed by atoms with Crippen LogP contribution < -0.4 is 0 Å². The topological polar surface area (TPSA) is 46.7 Å². The van der Waals surface area contributed by atoms with E-state index in [0.717, 1.165) is 0 Å². The second-order valence-electron chi connectivity index (χ2n) is 6.87. The minimum Gasteiger partial charge on any atom is -0.357 e. The Labute approximate surface area is 108 Å². The number of rotatable bonds is 1. The Balaban J connectivity index is 2.08. The molecule has 0 N–H and O–H groups in total. The summed E-state index contributed by atoms with van der Waals surface area (Å²) in [6.45, 7) is 9.98. The van der Waals surface area contributed by atoms with E-state index < -0.39 is 11.0 Å². The van der Waals surface area contributed by atoms with Crippen LogP contribution in [0, 0.1) is 16.7 Å². The number of epoxide rings is 1. The van der Waals surface area contributed by atoms with Gasteiger partial charge < -0.3 is 4.74 Å². The van der Waals surface area contributed by atoms with Gasteiger partial charge in [0.15, 0.2) is 11.4 Å². The van der Waals surface area contributed by atoms with Crippen molar-refractivity contribution in [3.63, 3.8) is 0 Å². The molecule has 98 valence electrons. The van der Waals surface area contributed by atoms with Gasteiger partial charge in [-0.25, -0.2) is 0 Å². The highest BCUT2D eigenvalue weighted by atomic mass is 16.6. The molecule has 0 aromatic heterocycles. The van der Waals surface area contributed by atoms with Crippen LogP contribution in [0.15, 0.2) is 12.7 Å². The molecule has 2 saturated carbocycles. The number of carbonyl (C=O) groups is 2. The van der Waals surface area contributed by atoms with E-state index in [1.165, 1.54) is 0 Å². The van der Waals surface area contributed by atoms with Gasteiger partial charge in [-0.2, -0.15) is 0 Å². The van der Waals surface area contributed by atoms with Crippen LogP contribution in [0.2, 0.25) is 0 Å². The molecule has 4 atom stereocenters. The number of Topliss-reactive ketones (excluding diaryl/α,β-unsaturated/α-hetero) is 2. The Hall–Kier alpha value is -0.960. The number of ether oxygens (including phenoxy) is 1. The summed E-state index contributed by atoms with van der Waals surface area (Å²) in [6.07, 6.45) is 3.34. The fourth-order valence-electron chi connectivity index (χ4n) is 4.41. The Morgan fingerprint density at radius 1 is 1.28 bits per heavy atom. The van der Waals surface area contributed by atoms with Crippen LogP contribution in [0.25, 0.3) is 0 Å². The summed E-state index contributed by atoms with van der Waals surface area (Å²) in [7, 11) is 0. The van der Waals surface area contributed by atoms with Gasteiger partial charge in [-0.1, -0.05) is 19.9 Å². The summed E-state index contributed by atoms with van der Waals surface area (Å²) in [5.74, 6) is 0.523. The lowest BCUT2D eigenvalue weighted by atomic mass is 9.61. The van der Waals surface area contributed by atoms with Gasteiger partial charge in [0.2, 0.25) is 0 Å². The van der Waals surface area contributed by atoms with Crippen molar-refractivity contribution in [2.75, 3.05) is 0 Å². The molecule has 3 rings (SSSR count). The maximum absolute atomic E-state index is 12.6. The lowest BCUT2D eigenvalue weighted by Gasteiger charge is -2.38. The molecule has 1 saturated heterocycles. The van der Waals surface area contributed by atoms with Crippen LogP contribution in [-0.2, 0) is 14.3 Å². The largest absolute Gasteiger partial charge is 0.357 e. The lowest BCUT2D eigenvalue weighted by molar-refractivity contribution is -0.131. The third-order valence-electron chi connectivity index (χ3n) is 5.36. The number of carbonyl (C=O) groups excluding carboxylic acids is 2. The number of allylic oxidation sites excluding steroid dienone is 1. The molecule has 3 aliphatic rings. The summed E-state index contributed by atoms with van der Waals surface area (Å²) >= 11 is 0. The Morgan fingerprint density at radius 3 is 2.56 bits per heavy atom. The average molecular weight is 248 g/mol. The minimum atomic E-state index is -0.699. The number of hydrogen-bond acceptors (Lipinski definition) is 3. The van der Waals surface area contributed by atoms with Crippen molar-refractivity contribution in [1.82, 2.24) is 0 Å². The van der Waals surface area contributed by atoms with Crippen molar-refractivity contribution in [1.29, 1.82) is 0 Å². The minimum absolute atomic E-state index is 0.0773. The predicted molar refractivity (Wildman–Crippen MR) is 67.0 cm³/mol. The quantitative estimate of drug-likeness (QED) is 0.528. The smallest absolute Gasteiger partial charge is 0.167 e. The molecule has 0 bridgehead atoms. The molecule has 0 aromatic rings. The van der Waals surface area contributed by atoms with Crippen molar-refractivity contribution in [2.24, 2.45) is 16.7 Å². The van der Waals surface area contributed by atoms with Crippen LogP contribution >= 0.6 is 0 Å². The fraction of sp³-hybridized carbons (Fsp3) is 0.733. The van der Waals surface area contributed by atoms with E-state index in [0.29, 0.717) is 19.3 Å². The van der Waals surface area contributed by atoms with E-state index in [1.807, 2.05) is 13.0 Å². The first kappa shape index (κ1) is 12.1. The van der Waals surface area contributed by atoms with Crippen molar-refractivity contribution >= 4 is 11.6 Å². The first-order valence-corrected chi connectivity index (χ1v) is 6.66. The summed E-state index contributed by atoms with van der Waals surface area (Å²) in [5, 5.41) is 0. The van der Waals surface area contributed by atoms with Gasteiger partial charge in [-0.05, 0) is 24.7 Å². The second kappa shape index (κ2) is 3.13. The van der Waals surface area contributed by atoms with Gasteiger partial charge in [0.25, 0.3) is 0 Å². The maximum atomic E-state index is 12.6. The van der Waals surface area contributed by atoms with Crippen LogP contribution in [0.5, 0.6) is 0 Å². The molecule has 1 spiro atoms. The monoisotopic (exact) mass is 248 g/mol. The zero-order valence-electron chi connectivity index (χ0n) is 11.3. The average Bonchev–Trinajstić information content (AvgIpc) is 2.91. The van der Waals surface area contributed by atoms with Gasteiger partial charge >= 0.3 is 0 Å². The predicted octanol–water partition coefficient (Wildman–Crippen LogP) is 2.29. The van der Waals surface area contributed by atoms with Crippen LogP contribution in [0.3, 0.4) is 0 Å². The van der Waals surface area contributed by atoms with E-state index in [9.17, 15) is 9.59 Å². The van der Waals surface area contributed by atoms with Crippen molar-refractivity contribution in [3.05, 3.63) is 12.7 Å². The molecule has 1 heterocycles. The van der Waals surface area contributed by atoms with E-state index in [4.69, 9.17) is 4.74 Å². The number of hydrogen-bond donors (Lipinski definition) is 0. The highest BCUT2D eigenvalue weighted by Gasteiger charge is 2.76. The molecule has 0 amide bonds.